The van der Waals surface area contributed by atoms with Crippen LogP contribution in [0.3, 0.4) is 0 Å². The summed E-state index contributed by atoms with van der Waals surface area (Å²) in [5.74, 6) is -0.910. The minimum absolute atomic E-state index is 0.275. The van der Waals surface area contributed by atoms with Crippen molar-refractivity contribution >= 4 is 5.91 Å². The van der Waals surface area contributed by atoms with Gasteiger partial charge in [-0.3, -0.25) is 4.79 Å². The van der Waals surface area contributed by atoms with Gasteiger partial charge in [0.2, 0.25) is 0 Å². The fourth-order valence-corrected chi connectivity index (χ4v) is 0.526. The summed E-state index contributed by atoms with van der Waals surface area (Å²) < 4.78 is 0. The highest BCUT2D eigenvalue weighted by atomic mass is 16.1. The third-order valence-electron chi connectivity index (χ3n) is 0.954. The van der Waals surface area contributed by atoms with E-state index in [1.54, 1.807) is 12.1 Å². The van der Waals surface area contributed by atoms with Crippen LogP contribution in [0.1, 0.15) is 10.4 Å². The Morgan fingerprint density at radius 3 is 2.78 bits per heavy atom. The molecule has 0 saturated heterocycles. The quantitative estimate of drug-likeness (QED) is 0.534. The van der Waals surface area contributed by atoms with Crippen LogP contribution in [-0.4, -0.2) is 5.91 Å². The maximum Gasteiger partial charge on any atom is 0.295 e. The normalized spacial score (nSPS) is 8.89. The summed E-state index contributed by atoms with van der Waals surface area (Å²) >= 11 is 0. The molecule has 0 aliphatic rings. The molecule has 1 aromatic rings. The van der Waals surface area contributed by atoms with Crippen molar-refractivity contribution in [2.45, 2.75) is 0 Å². The summed E-state index contributed by atoms with van der Waals surface area (Å²) in [5, 5.41) is 0. The molecule has 0 saturated carbocycles. The number of benzene rings is 1. The van der Waals surface area contributed by atoms with Gasteiger partial charge < -0.3 is 0 Å². The van der Waals surface area contributed by atoms with Crippen LogP contribution in [0.15, 0.2) is 24.3 Å². The van der Waals surface area contributed by atoms with Crippen molar-refractivity contribution < 1.29 is 4.79 Å². The van der Waals surface area contributed by atoms with Gasteiger partial charge in [0.25, 0.3) is 5.91 Å². The van der Waals surface area contributed by atoms with Crippen molar-refractivity contribution in [3.05, 3.63) is 35.9 Å². The van der Waals surface area contributed by atoms with Crippen molar-refractivity contribution in [1.82, 2.24) is 5.73 Å². The summed E-state index contributed by atoms with van der Waals surface area (Å²) in [7, 11) is 0. The van der Waals surface area contributed by atoms with Crippen molar-refractivity contribution in [1.29, 1.82) is 0 Å². The van der Waals surface area contributed by atoms with Crippen LogP contribution in [-0.2, 0) is 0 Å². The summed E-state index contributed by atoms with van der Waals surface area (Å²) in [6.07, 6.45) is 0. The monoisotopic (exact) mass is 118 g/mol. The van der Waals surface area contributed by atoms with E-state index in [0.717, 1.165) is 0 Å². The zero-order chi connectivity index (χ0) is 6.69. The topological polar surface area (TPSA) is 39.4 Å². The molecule has 2 nitrogen and oxygen atoms in total. The highest BCUT2D eigenvalue weighted by Crippen LogP contribution is 1.94. The Balaban J connectivity index is 2.98. The molecule has 0 bridgehead atoms. The van der Waals surface area contributed by atoms with E-state index in [2.05, 4.69) is 6.07 Å². The first-order chi connectivity index (χ1) is 4.30. The van der Waals surface area contributed by atoms with Crippen molar-refractivity contribution in [2.24, 2.45) is 0 Å². The van der Waals surface area contributed by atoms with Crippen LogP contribution >= 0.6 is 0 Å². The molecule has 9 heavy (non-hydrogen) atoms. The second-order valence-corrected chi connectivity index (χ2v) is 1.60. The highest BCUT2D eigenvalue weighted by Gasteiger charge is 1.97. The molecule has 0 N–H and O–H groups in total. The number of amides is 1. The molecular formula is C7H4NO. The smallest absolute Gasteiger partial charge is 0.265 e. The van der Waals surface area contributed by atoms with Gasteiger partial charge in [0.05, 0.1) is 0 Å². The van der Waals surface area contributed by atoms with Gasteiger partial charge in [-0.15, -0.1) is 5.73 Å². The molecular weight excluding hydrogens is 114 g/mol. The molecule has 0 fully saturated rings. The van der Waals surface area contributed by atoms with E-state index in [9.17, 15) is 4.79 Å². The minimum atomic E-state index is -0.910. The van der Waals surface area contributed by atoms with E-state index in [1.807, 2.05) is 0 Å². The summed E-state index contributed by atoms with van der Waals surface area (Å²) in [6, 6.07) is 8.92. The lowest BCUT2D eigenvalue weighted by Gasteiger charge is -1.86. The number of carbonyl (C=O) groups excluding carboxylic acids is 1. The molecule has 1 amide bonds. The van der Waals surface area contributed by atoms with Crippen LogP contribution in [0, 0.1) is 6.07 Å². The number of hydrogen-bond acceptors (Lipinski definition) is 1. The number of carbonyl (C=O) groups is 1. The van der Waals surface area contributed by atoms with Crippen LogP contribution in [0.4, 0.5) is 0 Å². The van der Waals surface area contributed by atoms with E-state index < -0.39 is 5.91 Å². The molecule has 1 aromatic carbocycles. The van der Waals surface area contributed by atoms with Gasteiger partial charge in [-0.1, -0.05) is 12.1 Å². The van der Waals surface area contributed by atoms with Crippen molar-refractivity contribution in [2.75, 3.05) is 0 Å². The molecule has 0 aliphatic carbocycles. The summed E-state index contributed by atoms with van der Waals surface area (Å²) in [4.78, 5) is 10.2. The maximum absolute atomic E-state index is 10.2. The molecule has 0 unspecified atom stereocenters. The number of nitrogens with zero attached hydrogens (tertiary/aromatic N) is 1. The second-order valence-electron chi connectivity index (χ2n) is 1.60. The minimum Gasteiger partial charge on any atom is -0.265 e. The average Bonchev–Trinajstić information content (AvgIpc) is 1.90. The van der Waals surface area contributed by atoms with Gasteiger partial charge in [-0.25, -0.2) is 0 Å². The van der Waals surface area contributed by atoms with E-state index in [4.69, 9.17) is 5.73 Å². The maximum atomic E-state index is 10.2. The number of rotatable bonds is 1. The van der Waals surface area contributed by atoms with Gasteiger partial charge in [0, 0.05) is 5.56 Å². The Labute approximate surface area is 53.3 Å². The fourth-order valence-electron chi connectivity index (χ4n) is 0.526. The Hall–Kier alpha value is -1.31. The lowest BCUT2D eigenvalue weighted by molar-refractivity contribution is 0.0992. The molecule has 2 heteroatoms. The Morgan fingerprint density at radius 1 is 1.67 bits per heavy atom. The first-order valence-corrected chi connectivity index (χ1v) is 2.50. The summed E-state index contributed by atoms with van der Waals surface area (Å²) in [6.45, 7) is 0. The fraction of sp³-hybridized carbons (Fsp3) is 0. The SMILES string of the molecule is [N]C(=O)c1c[c]ccc1. The molecule has 3 radical (unpaired) electrons. The molecule has 0 aromatic heterocycles. The van der Waals surface area contributed by atoms with Crippen LogP contribution in [0.2, 0.25) is 0 Å². The van der Waals surface area contributed by atoms with Crippen LogP contribution in [0.5, 0.6) is 0 Å². The first-order valence-electron chi connectivity index (χ1n) is 2.50. The average molecular weight is 118 g/mol. The molecule has 0 aliphatic heterocycles. The van der Waals surface area contributed by atoms with E-state index in [-0.39, 0.29) is 5.56 Å². The number of hydrogen-bond donors (Lipinski definition) is 0. The third kappa shape index (κ3) is 1.29. The Morgan fingerprint density at radius 2 is 2.44 bits per heavy atom. The molecule has 43 valence electrons. The van der Waals surface area contributed by atoms with Gasteiger partial charge >= 0.3 is 0 Å². The van der Waals surface area contributed by atoms with E-state index in [1.165, 1.54) is 12.1 Å². The van der Waals surface area contributed by atoms with Gasteiger partial charge in [-0.2, -0.15) is 0 Å². The highest BCUT2D eigenvalue weighted by molar-refractivity contribution is 5.91. The van der Waals surface area contributed by atoms with E-state index >= 15 is 0 Å². The Kier molecular flexibility index (Phi) is 1.49. The summed E-state index contributed by atoms with van der Waals surface area (Å²) in [5.41, 5.74) is 8.64. The lowest BCUT2D eigenvalue weighted by atomic mass is 10.2. The van der Waals surface area contributed by atoms with Crippen molar-refractivity contribution in [3.63, 3.8) is 0 Å². The van der Waals surface area contributed by atoms with Crippen LogP contribution in [0.25, 0.3) is 0 Å². The second kappa shape index (κ2) is 2.31. The lowest BCUT2D eigenvalue weighted by Crippen LogP contribution is -1.96. The molecule has 1 rings (SSSR count). The zero-order valence-corrected chi connectivity index (χ0v) is 4.66. The largest absolute Gasteiger partial charge is 0.295 e. The zero-order valence-electron chi connectivity index (χ0n) is 4.66. The van der Waals surface area contributed by atoms with E-state index in [0.29, 0.717) is 0 Å². The predicted octanol–water partition coefficient (Wildman–Crippen LogP) is 0.696. The van der Waals surface area contributed by atoms with Crippen molar-refractivity contribution in [3.8, 4) is 0 Å². The van der Waals surface area contributed by atoms with Gasteiger partial charge in [-0.05, 0) is 18.2 Å². The molecule has 0 spiro atoms. The standard InChI is InChI=1S/C7H4NO/c8-7(9)6-4-2-1-3-5-6/h1-2,4-5H. The Bertz CT molecular complexity index is 205. The molecule has 0 heterocycles. The predicted molar refractivity (Wildman–Crippen MR) is 31.7 cm³/mol. The molecule has 0 atom stereocenters. The van der Waals surface area contributed by atoms with Gasteiger partial charge in [0.15, 0.2) is 0 Å². The first kappa shape index (κ1) is 5.82. The van der Waals surface area contributed by atoms with Gasteiger partial charge in [0.1, 0.15) is 0 Å². The third-order valence-corrected chi connectivity index (χ3v) is 0.954. The van der Waals surface area contributed by atoms with Crippen LogP contribution < -0.4 is 5.73 Å².